The van der Waals surface area contributed by atoms with Crippen molar-refractivity contribution in [3.05, 3.63) is 29.6 Å². The van der Waals surface area contributed by atoms with E-state index in [9.17, 15) is 4.79 Å². The molecule has 1 heterocycles. The Morgan fingerprint density at radius 2 is 2.05 bits per heavy atom. The van der Waals surface area contributed by atoms with Gasteiger partial charge >= 0.3 is 0 Å². The van der Waals surface area contributed by atoms with Crippen molar-refractivity contribution < 1.29 is 9.90 Å². The number of aromatic nitrogens is 1. The van der Waals surface area contributed by atoms with E-state index in [2.05, 4.69) is 30.7 Å². The molecule has 108 valence electrons. The fourth-order valence-corrected chi connectivity index (χ4v) is 1.85. The number of hydrogen-bond acceptors (Lipinski definition) is 3. The average molecular weight is 274 g/mol. The van der Waals surface area contributed by atoms with Gasteiger partial charge in [-0.25, -0.2) is 0 Å². The molecule has 4 nitrogen and oxygen atoms in total. The van der Waals surface area contributed by atoms with E-state index in [1.54, 1.807) is 18.5 Å². The summed E-state index contributed by atoms with van der Waals surface area (Å²) in [5.74, 6) is 5.70. The topological polar surface area (TPSA) is 53.4 Å². The van der Waals surface area contributed by atoms with Gasteiger partial charge in [0.1, 0.15) is 6.61 Å². The second-order valence-electron chi connectivity index (χ2n) is 5.37. The molecule has 0 aliphatic rings. The van der Waals surface area contributed by atoms with Crippen LogP contribution in [0.15, 0.2) is 18.5 Å². The summed E-state index contributed by atoms with van der Waals surface area (Å²) in [6, 6.07) is 1.85. The zero-order chi connectivity index (χ0) is 15.1. The first kappa shape index (κ1) is 16.2. The van der Waals surface area contributed by atoms with Crippen molar-refractivity contribution in [3.63, 3.8) is 0 Å². The molecule has 4 heteroatoms. The maximum absolute atomic E-state index is 12.5. The molecule has 1 rings (SSSR count). The van der Waals surface area contributed by atoms with Crippen LogP contribution in [0, 0.1) is 17.8 Å². The lowest BCUT2D eigenvalue weighted by Crippen LogP contribution is -2.39. The van der Waals surface area contributed by atoms with Gasteiger partial charge in [-0.1, -0.05) is 25.7 Å². The average Bonchev–Trinajstić information content (AvgIpc) is 2.41. The minimum Gasteiger partial charge on any atom is -0.384 e. The Labute approximate surface area is 120 Å². The van der Waals surface area contributed by atoms with E-state index in [1.165, 1.54) is 0 Å². The van der Waals surface area contributed by atoms with Crippen LogP contribution < -0.4 is 0 Å². The highest BCUT2D eigenvalue weighted by Crippen LogP contribution is 2.11. The van der Waals surface area contributed by atoms with E-state index in [4.69, 9.17) is 5.11 Å². The summed E-state index contributed by atoms with van der Waals surface area (Å²) in [5.41, 5.74) is 1.17. The third kappa shape index (κ3) is 4.67. The minimum absolute atomic E-state index is 0.0335. The molecule has 1 N–H and O–H groups in total. The van der Waals surface area contributed by atoms with Crippen molar-refractivity contribution in [1.82, 2.24) is 9.88 Å². The largest absolute Gasteiger partial charge is 0.384 e. The molecule has 0 aromatic carbocycles. The van der Waals surface area contributed by atoms with Crippen molar-refractivity contribution in [2.75, 3.05) is 13.2 Å². The second kappa shape index (κ2) is 7.66. The number of pyridine rings is 1. The van der Waals surface area contributed by atoms with Crippen LogP contribution in [0.2, 0.25) is 0 Å². The normalized spacial score (nSPS) is 10.3. The van der Waals surface area contributed by atoms with Gasteiger partial charge < -0.3 is 10.0 Å². The number of rotatable bonds is 4. The predicted octanol–water partition coefficient (Wildman–Crippen LogP) is 1.93. The van der Waals surface area contributed by atoms with Crippen LogP contribution in [0.1, 0.15) is 43.6 Å². The van der Waals surface area contributed by atoms with Crippen LogP contribution in [-0.2, 0) is 0 Å². The monoisotopic (exact) mass is 274 g/mol. The van der Waals surface area contributed by atoms with Gasteiger partial charge in [-0.3, -0.25) is 9.78 Å². The number of carbonyl (C=O) groups excluding carboxylic acids is 1. The van der Waals surface area contributed by atoms with Gasteiger partial charge in [0.05, 0.1) is 5.56 Å². The number of aliphatic hydroxyl groups excluding tert-OH is 1. The minimum atomic E-state index is -0.205. The molecule has 0 unspecified atom stereocenters. The number of carbonyl (C=O) groups is 1. The maximum atomic E-state index is 12.5. The summed E-state index contributed by atoms with van der Waals surface area (Å²) in [7, 11) is 0. The SMILES string of the molecule is CC(C)CN(C(=O)c1cncc(C#CCO)c1)C(C)C. The summed E-state index contributed by atoms with van der Waals surface area (Å²) >= 11 is 0. The molecule has 0 spiro atoms. The zero-order valence-corrected chi connectivity index (χ0v) is 12.6. The van der Waals surface area contributed by atoms with Crippen molar-refractivity contribution in [3.8, 4) is 11.8 Å². The quantitative estimate of drug-likeness (QED) is 0.854. The summed E-state index contributed by atoms with van der Waals surface area (Å²) in [6.07, 6.45) is 3.14. The Morgan fingerprint density at radius 3 is 2.60 bits per heavy atom. The highest BCUT2D eigenvalue weighted by atomic mass is 16.2. The first-order valence-corrected chi connectivity index (χ1v) is 6.81. The summed E-state index contributed by atoms with van der Waals surface area (Å²) < 4.78 is 0. The molecule has 0 radical (unpaired) electrons. The first-order chi connectivity index (χ1) is 9.45. The lowest BCUT2D eigenvalue weighted by Gasteiger charge is -2.28. The van der Waals surface area contributed by atoms with Gasteiger partial charge in [-0.2, -0.15) is 0 Å². The third-order valence-corrected chi connectivity index (χ3v) is 2.74. The number of aliphatic hydroxyl groups is 1. The number of amides is 1. The van der Waals surface area contributed by atoms with E-state index in [0.29, 0.717) is 23.6 Å². The van der Waals surface area contributed by atoms with E-state index >= 15 is 0 Å². The molecule has 0 aliphatic carbocycles. The van der Waals surface area contributed by atoms with Crippen molar-refractivity contribution >= 4 is 5.91 Å². The summed E-state index contributed by atoms with van der Waals surface area (Å²) in [5, 5.41) is 8.70. The molecule has 0 saturated heterocycles. The van der Waals surface area contributed by atoms with E-state index in [-0.39, 0.29) is 18.6 Å². The van der Waals surface area contributed by atoms with E-state index in [1.807, 2.05) is 18.7 Å². The molecule has 0 aliphatic heterocycles. The highest BCUT2D eigenvalue weighted by Gasteiger charge is 2.20. The molecule has 0 bridgehead atoms. The maximum Gasteiger partial charge on any atom is 0.255 e. The standard InChI is InChI=1S/C16H22N2O2/c1-12(2)11-18(13(3)4)16(20)15-8-14(6-5-7-19)9-17-10-15/h8-10,12-13,19H,7,11H2,1-4H3. The van der Waals surface area contributed by atoms with Crippen LogP contribution in [-0.4, -0.2) is 40.1 Å². The molecule has 0 atom stereocenters. The van der Waals surface area contributed by atoms with Crippen molar-refractivity contribution in [2.45, 2.75) is 33.7 Å². The Morgan fingerprint density at radius 1 is 1.35 bits per heavy atom. The smallest absolute Gasteiger partial charge is 0.255 e. The lowest BCUT2D eigenvalue weighted by atomic mass is 10.1. The van der Waals surface area contributed by atoms with Crippen molar-refractivity contribution in [2.24, 2.45) is 5.92 Å². The zero-order valence-electron chi connectivity index (χ0n) is 12.6. The van der Waals surface area contributed by atoms with Crippen LogP contribution in [0.25, 0.3) is 0 Å². The van der Waals surface area contributed by atoms with Gasteiger partial charge in [0.2, 0.25) is 0 Å². The molecule has 0 fully saturated rings. The van der Waals surface area contributed by atoms with Crippen LogP contribution in [0.3, 0.4) is 0 Å². The van der Waals surface area contributed by atoms with Gasteiger partial charge in [-0.15, -0.1) is 0 Å². The molecule has 1 aromatic heterocycles. The van der Waals surface area contributed by atoms with Gasteiger partial charge in [-0.05, 0) is 25.8 Å². The molecule has 0 saturated carbocycles. The molecular formula is C16H22N2O2. The van der Waals surface area contributed by atoms with Crippen LogP contribution in [0.4, 0.5) is 0 Å². The molecule has 1 amide bonds. The fraction of sp³-hybridized carbons (Fsp3) is 0.500. The van der Waals surface area contributed by atoms with Gasteiger partial charge in [0.25, 0.3) is 5.91 Å². The molecule has 20 heavy (non-hydrogen) atoms. The first-order valence-electron chi connectivity index (χ1n) is 6.81. The van der Waals surface area contributed by atoms with Gasteiger partial charge in [0.15, 0.2) is 0 Å². The third-order valence-electron chi connectivity index (χ3n) is 2.74. The number of hydrogen-bond donors (Lipinski definition) is 1. The van der Waals surface area contributed by atoms with Gasteiger partial charge in [0, 0.05) is 30.5 Å². The fourth-order valence-electron chi connectivity index (χ4n) is 1.85. The van der Waals surface area contributed by atoms with Crippen LogP contribution in [0.5, 0.6) is 0 Å². The van der Waals surface area contributed by atoms with Crippen molar-refractivity contribution in [1.29, 1.82) is 0 Å². The van der Waals surface area contributed by atoms with Crippen LogP contribution >= 0.6 is 0 Å². The highest BCUT2D eigenvalue weighted by molar-refractivity contribution is 5.94. The Kier molecular flexibility index (Phi) is 6.20. The summed E-state index contributed by atoms with van der Waals surface area (Å²) in [4.78, 5) is 18.4. The lowest BCUT2D eigenvalue weighted by molar-refractivity contribution is 0.0681. The summed E-state index contributed by atoms with van der Waals surface area (Å²) in [6.45, 7) is 8.69. The predicted molar refractivity (Wildman–Crippen MR) is 79.2 cm³/mol. The Hall–Kier alpha value is -1.86. The Balaban J connectivity index is 2.99. The molecular weight excluding hydrogens is 252 g/mol. The second-order valence-corrected chi connectivity index (χ2v) is 5.37. The number of nitrogens with zero attached hydrogens (tertiary/aromatic N) is 2. The Bertz CT molecular complexity index is 513. The van der Waals surface area contributed by atoms with E-state index in [0.717, 1.165) is 0 Å². The van der Waals surface area contributed by atoms with E-state index < -0.39 is 0 Å². The molecule has 1 aromatic rings.